The largest absolute Gasteiger partial charge is 0.370 e. The van der Waals surface area contributed by atoms with Crippen LogP contribution in [0.1, 0.15) is 38.5 Å². The number of nitrogens with zero attached hydrogens (tertiary/aromatic N) is 3. The molecule has 2 fully saturated rings. The summed E-state index contributed by atoms with van der Waals surface area (Å²) in [5, 5.41) is 0. The number of guanidine groups is 1. The van der Waals surface area contributed by atoms with Crippen LogP contribution < -0.4 is 5.73 Å². The normalized spacial score (nSPS) is 27.5. The Morgan fingerprint density at radius 3 is 2.52 bits per heavy atom. The van der Waals surface area contributed by atoms with E-state index in [1.807, 2.05) is 0 Å². The van der Waals surface area contributed by atoms with Crippen LogP contribution in [0.4, 0.5) is 0 Å². The molecule has 2 atom stereocenters. The molecule has 0 aliphatic carbocycles. The molecule has 0 aromatic rings. The zero-order valence-electron chi connectivity index (χ0n) is 13.3. The van der Waals surface area contributed by atoms with Gasteiger partial charge in [0.15, 0.2) is 5.96 Å². The number of likely N-dealkylation sites (tertiary alicyclic amines) is 1. The second kappa shape index (κ2) is 7.64. The van der Waals surface area contributed by atoms with Gasteiger partial charge in [0.05, 0.1) is 12.6 Å². The van der Waals surface area contributed by atoms with E-state index in [2.05, 4.69) is 9.89 Å². The molecular formula is C15H28N4O2. The van der Waals surface area contributed by atoms with E-state index in [0.29, 0.717) is 12.5 Å². The van der Waals surface area contributed by atoms with Gasteiger partial charge in [-0.05, 0) is 25.7 Å². The van der Waals surface area contributed by atoms with Crippen LogP contribution in [0.2, 0.25) is 0 Å². The molecule has 2 N–H and O–H groups in total. The molecule has 0 radical (unpaired) electrons. The maximum Gasteiger partial charge on any atom is 0.251 e. The summed E-state index contributed by atoms with van der Waals surface area (Å²) < 4.78 is 5.77. The first-order valence-electron chi connectivity index (χ1n) is 7.99. The number of amides is 1. The van der Waals surface area contributed by atoms with Crippen LogP contribution in [-0.4, -0.2) is 67.6 Å². The molecule has 6 heteroatoms. The van der Waals surface area contributed by atoms with Crippen molar-refractivity contribution in [2.75, 3.05) is 33.7 Å². The number of carbonyl (C=O) groups excluding carboxylic acids is 1. The Labute approximate surface area is 127 Å². The standard InChI is InChI=1S/C15H28N4O2/c1-18(2)14(20)13-8-7-12(21-13)11-17-15(16)19-9-5-3-4-6-10-19/h12-13H,3-11H2,1-2H3,(H2,16,17). The molecule has 2 aliphatic heterocycles. The molecule has 2 aliphatic rings. The first-order valence-corrected chi connectivity index (χ1v) is 7.99. The van der Waals surface area contributed by atoms with E-state index >= 15 is 0 Å². The lowest BCUT2D eigenvalue weighted by Gasteiger charge is -2.21. The van der Waals surface area contributed by atoms with Gasteiger partial charge in [0, 0.05) is 27.2 Å². The van der Waals surface area contributed by atoms with Gasteiger partial charge in [0.25, 0.3) is 5.91 Å². The Bertz CT molecular complexity index is 376. The molecule has 6 nitrogen and oxygen atoms in total. The lowest BCUT2D eigenvalue weighted by molar-refractivity contribution is -0.140. The van der Waals surface area contributed by atoms with Crippen molar-refractivity contribution in [2.24, 2.45) is 10.7 Å². The van der Waals surface area contributed by atoms with Gasteiger partial charge in [-0.3, -0.25) is 9.79 Å². The fraction of sp³-hybridized carbons (Fsp3) is 0.867. The fourth-order valence-electron chi connectivity index (χ4n) is 2.90. The lowest BCUT2D eigenvalue weighted by atomic mass is 10.2. The molecular weight excluding hydrogens is 268 g/mol. The lowest BCUT2D eigenvalue weighted by Crippen LogP contribution is -2.38. The highest BCUT2D eigenvalue weighted by Crippen LogP contribution is 2.21. The fourth-order valence-corrected chi connectivity index (χ4v) is 2.90. The minimum absolute atomic E-state index is 0.0180. The molecule has 0 aromatic heterocycles. The quantitative estimate of drug-likeness (QED) is 0.618. The van der Waals surface area contributed by atoms with Crippen molar-refractivity contribution in [3.05, 3.63) is 0 Å². The Balaban J connectivity index is 1.79. The van der Waals surface area contributed by atoms with Gasteiger partial charge >= 0.3 is 0 Å². The molecule has 2 heterocycles. The van der Waals surface area contributed by atoms with Crippen LogP contribution >= 0.6 is 0 Å². The van der Waals surface area contributed by atoms with E-state index in [0.717, 1.165) is 25.9 Å². The van der Waals surface area contributed by atoms with Gasteiger partial charge in [-0.15, -0.1) is 0 Å². The van der Waals surface area contributed by atoms with Gasteiger partial charge in [0.1, 0.15) is 6.10 Å². The van der Waals surface area contributed by atoms with Crippen LogP contribution in [0.3, 0.4) is 0 Å². The number of rotatable bonds is 3. The van der Waals surface area contributed by atoms with E-state index in [1.165, 1.54) is 25.7 Å². The first kappa shape index (κ1) is 16.1. The van der Waals surface area contributed by atoms with Gasteiger partial charge in [-0.2, -0.15) is 0 Å². The summed E-state index contributed by atoms with van der Waals surface area (Å²) in [5.41, 5.74) is 6.08. The summed E-state index contributed by atoms with van der Waals surface area (Å²) >= 11 is 0. The molecule has 0 aromatic carbocycles. The predicted molar refractivity (Wildman–Crippen MR) is 83.1 cm³/mol. The second-order valence-corrected chi connectivity index (χ2v) is 6.16. The minimum atomic E-state index is -0.306. The number of carbonyl (C=O) groups is 1. The molecule has 0 spiro atoms. The zero-order valence-corrected chi connectivity index (χ0v) is 13.3. The second-order valence-electron chi connectivity index (χ2n) is 6.16. The first-order chi connectivity index (χ1) is 10.1. The average Bonchev–Trinajstić information content (AvgIpc) is 2.76. The third-order valence-corrected chi connectivity index (χ3v) is 4.21. The maximum absolute atomic E-state index is 11.8. The number of likely N-dealkylation sites (N-methyl/N-ethyl adjacent to an activating group) is 1. The average molecular weight is 296 g/mol. The molecule has 2 rings (SSSR count). The molecule has 0 saturated carbocycles. The number of hydrogen-bond donors (Lipinski definition) is 1. The third-order valence-electron chi connectivity index (χ3n) is 4.21. The van der Waals surface area contributed by atoms with Crippen molar-refractivity contribution < 1.29 is 9.53 Å². The van der Waals surface area contributed by atoms with Crippen molar-refractivity contribution in [1.29, 1.82) is 0 Å². The van der Waals surface area contributed by atoms with Crippen LogP contribution in [0.5, 0.6) is 0 Å². The number of aliphatic imine (C=N–C) groups is 1. The minimum Gasteiger partial charge on any atom is -0.370 e. The third kappa shape index (κ3) is 4.59. The van der Waals surface area contributed by atoms with E-state index in [-0.39, 0.29) is 18.1 Å². The molecule has 0 bridgehead atoms. The predicted octanol–water partition coefficient (Wildman–Crippen LogP) is 0.813. The summed E-state index contributed by atoms with van der Waals surface area (Å²) in [5.74, 6) is 0.671. The Morgan fingerprint density at radius 2 is 1.90 bits per heavy atom. The Hall–Kier alpha value is -1.30. The Morgan fingerprint density at radius 1 is 1.24 bits per heavy atom. The van der Waals surface area contributed by atoms with E-state index < -0.39 is 0 Å². The smallest absolute Gasteiger partial charge is 0.251 e. The molecule has 1 amide bonds. The number of hydrogen-bond acceptors (Lipinski definition) is 3. The van der Waals surface area contributed by atoms with Crippen LogP contribution in [-0.2, 0) is 9.53 Å². The Kier molecular flexibility index (Phi) is 5.85. The van der Waals surface area contributed by atoms with E-state index in [1.54, 1.807) is 19.0 Å². The van der Waals surface area contributed by atoms with Gasteiger partial charge in [-0.1, -0.05) is 12.8 Å². The van der Waals surface area contributed by atoms with E-state index in [9.17, 15) is 4.79 Å². The molecule has 21 heavy (non-hydrogen) atoms. The maximum atomic E-state index is 11.8. The highest BCUT2D eigenvalue weighted by molar-refractivity contribution is 5.80. The zero-order chi connectivity index (χ0) is 15.2. The number of nitrogens with two attached hydrogens (primary N) is 1. The monoisotopic (exact) mass is 296 g/mol. The molecule has 2 unspecified atom stereocenters. The van der Waals surface area contributed by atoms with Crippen molar-refractivity contribution in [3.8, 4) is 0 Å². The van der Waals surface area contributed by atoms with Crippen molar-refractivity contribution >= 4 is 11.9 Å². The highest BCUT2D eigenvalue weighted by Gasteiger charge is 2.31. The van der Waals surface area contributed by atoms with Gasteiger partial charge < -0.3 is 20.3 Å². The summed E-state index contributed by atoms with van der Waals surface area (Å²) in [7, 11) is 3.52. The molecule has 2 saturated heterocycles. The summed E-state index contributed by atoms with van der Waals surface area (Å²) in [6.45, 7) is 2.56. The van der Waals surface area contributed by atoms with Crippen LogP contribution in [0, 0.1) is 0 Å². The van der Waals surface area contributed by atoms with Crippen molar-refractivity contribution in [3.63, 3.8) is 0 Å². The van der Waals surface area contributed by atoms with Gasteiger partial charge in [0.2, 0.25) is 0 Å². The van der Waals surface area contributed by atoms with Gasteiger partial charge in [-0.25, -0.2) is 0 Å². The summed E-state index contributed by atoms with van der Waals surface area (Å²) in [6, 6.07) is 0. The van der Waals surface area contributed by atoms with Crippen molar-refractivity contribution in [2.45, 2.75) is 50.7 Å². The highest BCUT2D eigenvalue weighted by atomic mass is 16.5. The summed E-state index contributed by atoms with van der Waals surface area (Å²) in [4.78, 5) is 20.1. The number of ether oxygens (including phenoxy) is 1. The van der Waals surface area contributed by atoms with E-state index in [4.69, 9.17) is 10.5 Å². The summed E-state index contributed by atoms with van der Waals surface area (Å²) in [6.07, 6.45) is 6.31. The topological polar surface area (TPSA) is 71.2 Å². The van der Waals surface area contributed by atoms with Crippen molar-refractivity contribution in [1.82, 2.24) is 9.80 Å². The molecule has 120 valence electrons. The SMILES string of the molecule is CN(C)C(=O)C1CCC(CN=C(N)N2CCCCCC2)O1. The van der Waals surface area contributed by atoms with Crippen LogP contribution in [0.15, 0.2) is 4.99 Å². The van der Waals surface area contributed by atoms with Crippen LogP contribution in [0.25, 0.3) is 0 Å².